The zero-order valence-corrected chi connectivity index (χ0v) is 13.7. The van der Waals surface area contributed by atoms with E-state index in [1.807, 2.05) is 62.4 Å². The smallest absolute Gasteiger partial charge is 0.258 e. The summed E-state index contributed by atoms with van der Waals surface area (Å²) in [7, 11) is 0. The molecule has 4 heteroatoms. The third kappa shape index (κ3) is 4.90. The first-order chi connectivity index (χ1) is 10.0. The van der Waals surface area contributed by atoms with Crippen molar-refractivity contribution in [2.45, 2.75) is 19.9 Å². The lowest BCUT2D eigenvalue weighted by molar-refractivity contribution is -0.123. The van der Waals surface area contributed by atoms with Crippen LogP contribution in [0.4, 0.5) is 0 Å². The summed E-state index contributed by atoms with van der Waals surface area (Å²) in [6.45, 7) is 4.01. The Morgan fingerprint density at radius 1 is 1.14 bits per heavy atom. The highest BCUT2D eigenvalue weighted by Crippen LogP contribution is 2.16. The van der Waals surface area contributed by atoms with Gasteiger partial charge >= 0.3 is 0 Å². The van der Waals surface area contributed by atoms with Crippen LogP contribution in [0.5, 0.6) is 5.75 Å². The summed E-state index contributed by atoms with van der Waals surface area (Å²) in [6.07, 6.45) is 0. The predicted octanol–water partition coefficient (Wildman–Crippen LogP) is 4.01. The van der Waals surface area contributed by atoms with Crippen LogP contribution in [0.3, 0.4) is 0 Å². The van der Waals surface area contributed by atoms with Gasteiger partial charge in [-0.2, -0.15) is 0 Å². The second-order valence-electron chi connectivity index (χ2n) is 4.94. The van der Waals surface area contributed by atoms with Gasteiger partial charge in [-0.25, -0.2) is 0 Å². The summed E-state index contributed by atoms with van der Waals surface area (Å²) in [5.41, 5.74) is 2.29. The molecule has 0 radical (unpaired) electrons. The molecule has 0 fully saturated rings. The van der Waals surface area contributed by atoms with Gasteiger partial charge in [-0.1, -0.05) is 45.8 Å². The Labute approximate surface area is 133 Å². The maximum absolute atomic E-state index is 11.9. The Balaban J connectivity index is 1.83. The number of carbonyl (C=O) groups is 1. The van der Waals surface area contributed by atoms with Crippen molar-refractivity contribution in [3.05, 3.63) is 64.1 Å². The van der Waals surface area contributed by atoms with Crippen LogP contribution in [0, 0.1) is 6.92 Å². The van der Waals surface area contributed by atoms with E-state index in [4.69, 9.17) is 4.74 Å². The van der Waals surface area contributed by atoms with Crippen molar-refractivity contribution in [2.75, 3.05) is 6.61 Å². The number of carbonyl (C=O) groups excluding carboxylic acids is 1. The molecule has 0 aliphatic carbocycles. The molecule has 1 amide bonds. The number of nitrogens with one attached hydrogen (secondary N) is 1. The fourth-order valence-corrected chi connectivity index (χ4v) is 2.17. The van der Waals surface area contributed by atoms with Crippen molar-refractivity contribution in [3.63, 3.8) is 0 Å². The molecule has 2 aromatic rings. The largest absolute Gasteiger partial charge is 0.484 e. The lowest BCUT2D eigenvalue weighted by Gasteiger charge is -2.15. The Hall–Kier alpha value is -1.81. The zero-order chi connectivity index (χ0) is 15.2. The number of ether oxygens (including phenoxy) is 1. The summed E-state index contributed by atoms with van der Waals surface area (Å²) in [6, 6.07) is 15.5. The van der Waals surface area contributed by atoms with Gasteiger partial charge in [-0.15, -0.1) is 0 Å². The van der Waals surface area contributed by atoms with Crippen LogP contribution in [0.2, 0.25) is 0 Å². The Morgan fingerprint density at radius 3 is 2.38 bits per heavy atom. The number of halogens is 1. The molecule has 1 atom stereocenters. The average Bonchev–Trinajstić information content (AvgIpc) is 2.47. The summed E-state index contributed by atoms with van der Waals surface area (Å²) in [5.74, 6) is 0.544. The van der Waals surface area contributed by atoms with Crippen LogP contribution < -0.4 is 10.1 Å². The molecule has 0 spiro atoms. The van der Waals surface area contributed by atoms with Crippen molar-refractivity contribution in [1.29, 1.82) is 0 Å². The van der Waals surface area contributed by atoms with Crippen LogP contribution in [-0.2, 0) is 4.79 Å². The fraction of sp³-hybridized carbons (Fsp3) is 0.235. The van der Waals surface area contributed by atoms with E-state index in [1.54, 1.807) is 0 Å². The fourth-order valence-electron chi connectivity index (χ4n) is 1.90. The second-order valence-corrected chi connectivity index (χ2v) is 5.86. The van der Waals surface area contributed by atoms with Crippen LogP contribution in [0.1, 0.15) is 24.1 Å². The van der Waals surface area contributed by atoms with Crippen LogP contribution in [0.25, 0.3) is 0 Å². The molecule has 0 aromatic heterocycles. The molecule has 0 saturated heterocycles. The zero-order valence-electron chi connectivity index (χ0n) is 12.1. The van der Waals surface area contributed by atoms with Gasteiger partial charge in [0.2, 0.25) is 0 Å². The Morgan fingerprint density at radius 2 is 1.76 bits per heavy atom. The minimum absolute atomic E-state index is 0.0117. The number of aryl methyl sites for hydroxylation is 1. The van der Waals surface area contributed by atoms with Crippen molar-refractivity contribution in [3.8, 4) is 5.75 Å². The van der Waals surface area contributed by atoms with Crippen LogP contribution in [0.15, 0.2) is 53.0 Å². The number of hydrogen-bond donors (Lipinski definition) is 1. The number of rotatable bonds is 5. The van der Waals surface area contributed by atoms with E-state index in [0.29, 0.717) is 5.75 Å². The predicted molar refractivity (Wildman–Crippen MR) is 87.4 cm³/mol. The Kier molecular flexibility index (Phi) is 5.39. The SMILES string of the molecule is Cc1ccc(C(C)NC(=O)COc2ccc(Br)cc2)cc1. The van der Waals surface area contributed by atoms with E-state index < -0.39 is 0 Å². The summed E-state index contributed by atoms with van der Waals surface area (Å²) in [4.78, 5) is 11.9. The molecular formula is C17H18BrNO2. The van der Waals surface area contributed by atoms with Crippen LogP contribution in [-0.4, -0.2) is 12.5 Å². The van der Waals surface area contributed by atoms with Gasteiger partial charge < -0.3 is 10.1 Å². The minimum Gasteiger partial charge on any atom is -0.484 e. The number of hydrogen-bond acceptors (Lipinski definition) is 2. The lowest BCUT2D eigenvalue weighted by Crippen LogP contribution is -2.31. The van der Waals surface area contributed by atoms with Crippen LogP contribution >= 0.6 is 15.9 Å². The second kappa shape index (κ2) is 7.27. The molecule has 2 rings (SSSR count). The van der Waals surface area contributed by atoms with E-state index in [9.17, 15) is 4.79 Å². The highest BCUT2D eigenvalue weighted by atomic mass is 79.9. The highest BCUT2D eigenvalue weighted by Gasteiger charge is 2.09. The molecular weight excluding hydrogens is 330 g/mol. The first-order valence-corrected chi connectivity index (χ1v) is 7.58. The molecule has 0 bridgehead atoms. The lowest BCUT2D eigenvalue weighted by atomic mass is 10.1. The summed E-state index contributed by atoms with van der Waals surface area (Å²) in [5, 5.41) is 2.92. The summed E-state index contributed by atoms with van der Waals surface area (Å²) >= 11 is 3.35. The molecule has 0 heterocycles. The normalized spacial score (nSPS) is 11.8. The standard InChI is InChI=1S/C17H18BrNO2/c1-12-3-5-14(6-4-12)13(2)19-17(20)11-21-16-9-7-15(18)8-10-16/h3-10,13H,11H2,1-2H3,(H,19,20). The van der Waals surface area contributed by atoms with Gasteiger partial charge in [0.1, 0.15) is 5.75 Å². The third-order valence-corrected chi connectivity index (χ3v) is 3.67. The molecule has 1 unspecified atom stereocenters. The van der Waals surface area contributed by atoms with Gasteiger partial charge in [0.15, 0.2) is 6.61 Å². The van der Waals surface area contributed by atoms with E-state index >= 15 is 0 Å². The monoisotopic (exact) mass is 347 g/mol. The maximum atomic E-state index is 11.9. The molecule has 21 heavy (non-hydrogen) atoms. The number of benzene rings is 2. The summed E-state index contributed by atoms with van der Waals surface area (Å²) < 4.78 is 6.42. The van der Waals surface area contributed by atoms with Gasteiger partial charge in [-0.05, 0) is 43.7 Å². The van der Waals surface area contributed by atoms with Crippen molar-refractivity contribution >= 4 is 21.8 Å². The first kappa shape index (κ1) is 15.6. The number of amides is 1. The third-order valence-electron chi connectivity index (χ3n) is 3.14. The van der Waals surface area contributed by atoms with Gasteiger partial charge in [0, 0.05) is 4.47 Å². The molecule has 1 N–H and O–H groups in total. The Bertz CT molecular complexity index is 593. The molecule has 0 aliphatic rings. The van der Waals surface area contributed by atoms with E-state index in [-0.39, 0.29) is 18.6 Å². The van der Waals surface area contributed by atoms with Gasteiger partial charge in [0.25, 0.3) is 5.91 Å². The van der Waals surface area contributed by atoms with E-state index in [2.05, 4.69) is 21.2 Å². The van der Waals surface area contributed by atoms with Gasteiger partial charge in [0.05, 0.1) is 6.04 Å². The quantitative estimate of drug-likeness (QED) is 0.887. The van der Waals surface area contributed by atoms with E-state index in [1.165, 1.54) is 5.56 Å². The topological polar surface area (TPSA) is 38.3 Å². The molecule has 110 valence electrons. The molecule has 3 nitrogen and oxygen atoms in total. The van der Waals surface area contributed by atoms with Gasteiger partial charge in [-0.3, -0.25) is 4.79 Å². The highest BCUT2D eigenvalue weighted by molar-refractivity contribution is 9.10. The average molecular weight is 348 g/mol. The maximum Gasteiger partial charge on any atom is 0.258 e. The van der Waals surface area contributed by atoms with Crippen molar-refractivity contribution < 1.29 is 9.53 Å². The minimum atomic E-state index is -0.133. The molecule has 2 aromatic carbocycles. The molecule has 0 aliphatic heterocycles. The first-order valence-electron chi connectivity index (χ1n) is 6.79. The van der Waals surface area contributed by atoms with Crippen molar-refractivity contribution in [2.24, 2.45) is 0 Å². The van der Waals surface area contributed by atoms with Crippen molar-refractivity contribution in [1.82, 2.24) is 5.32 Å². The van der Waals surface area contributed by atoms with E-state index in [0.717, 1.165) is 10.0 Å². The molecule has 0 saturated carbocycles.